The van der Waals surface area contributed by atoms with Gasteiger partial charge in [0.15, 0.2) is 5.82 Å². The van der Waals surface area contributed by atoms with Crippen molar-refractivity contribution >= 4 is 23.1 Å². The number of hydrogen-bond donors (Lipinski definition) is 3. The van der Waals surface area contributed by atoms with Gasteiger partial charge in [-0.2, -0.15) is 19.1 Å². The fourth-order valence-corrected chi connectivity index (χ4v) is 2.88. The molecule has 2 aromatic heterocycles. The van der Waals surface area contributed by atoms with Crippen molar-refractivity contribution in [3.8, 4) is 17.5 Å². The number of nitrogens with one attached hydrogen (secondary N) is 1. The van der Waals surface area contributed by atoms with Crippen molar-refractivity contribution in [1.29, 1.82) is 5.26 Å². The van der Waals surface area contributed by atoms with E-state index in [1.165, 1.54) is 18.5 Å². The normalized spacial score (nSPS) is 11.5. The van der Waals surface area contributed by atoms with E-state index in [-0.39, 0.29) is 34.6 Å². The Hall–Kier alpha value is -3.71. The zero-order chi connectivity index (χ0) is 21.8. The average molecular weight is 431 g/mol. The molecule has 0 unspecified atom stereocenters. The van der Waals surface area contributed by atoms with Gasteiger partial charge in [-0.25, -0.2) is 14.6 Å². The monoisotopic (exact) mass is 430 g/mol. The molecule has 154 valence electrons. The number of hydrogen-bond acceptors (Lipinski definition) is 7. The Kier molecular flexibility index (Phi) is 6.13. The molecule has 3 aromatic rings. The first-order valence-corrected chi connectivity index (χ1v) is 9.04. The Bertz CT molecular complexity index is 1150. The average Bonchev–Trinajstić information content (AvgIpc) is 3.19. The minimum atomic E-state index is -2.71. The largest absolute Gasteiger partial charge is 0.396 e. The summed E-state index contributed by atoms with van der Waals surface area (Å²) in [6, 6.07) is 8.73. The van der Waals surface area contributed by atoms with Crippen LogP contribution in [0.1, 0.15) is 29.1 Å². The maximum atomic E-state index is 12.6. The molecular weight excluding hydrogens is 414 g/mol. The Balaban J connectivity index is 1.88. The molecule has 3 rings (SSSR count). The molecule has 30 heavy (non-hydrogen) atoms. The summed E-state index contributed by atoms with van der Waals surface area (Å²) in [5, 5.41) is 15.9. The molecule has 0 spiro atoms. The van der Waals surface area contributed by atoms with E-state index >= 15 is 0 Å². The number of nitrogens with two attached hydrogens (primary N) is 2. The highest BCUT2D eigenvalue weighted by molar-refractivity contribution is 6.34. The third-order valence-electron chi connectivity index (χ3n) is 4.25. The maximum absolute atomic E-state index is 12.6. The first-order chi connectivity index (χ1) is 14.3. The maximum Gasteiger partial charge on any atom is 0.333 e. The Labute approximate surface area is 175 Å². The number of nitrogens with zero attached hydrogens (tertiary/aromatic N) is 5. The number of anilines is 1. The quantitative estimate of drug-likeness (QED) is 0.547. The van der Waals surface area contributed by atoms with E-state index in [9.17, 15) is 14.0 Å². The molecule has 0 amide bonds. The van der Waals surface area contributed by atoms with Crippen LogP contribution in [0.2, 0.25) is 5.02 Å². The lowest BCUT2D eigenvalue weighted by Crippen LogP contribution is -2.12. The first kappa shape index (κ1) is 21.0. The van der Waals surface area contributed by atoms with Gasteiger partial charge in [0.25, 0.3) is 0 Å². The zero-order valence-electron chi connectivity index (χ0n) is 15.8. The second-order valence-electron chi connectivity index (χ2n) is 6.23. The summed E-state index contributed by atoms with van der Waals surface area (Å²) in [6.45, 7) is -0.765. The number of benzene rings is 1. The highest BCUT2D eigenvalue weighted by atomic mass is 35.5. The molecule has 2 heterocycles. The lowest BCUT2D eigenvalue weighted by atomic mass is 10.0. The molecule has 0 saturated carbocycles. The molecule has 0 fully saturated rings. The fraction of sp³-hybridized carbons (Fsp3) is 0.158. The third-order valence-corrected chi connectivity index (χ3v) is 4.62. The van der Waals surface area contributed by atoms with Crippen LogP contribution < -0.4 is 16.8 Å². The van der Waals surface area contributed by atoms with Crippen LogP contribution in [-0.2, 0) is 6.54 Å². The van der Waals surface area contributed by atoms with Gasteiger partial charge in [-0.05, 0) is 24.6 Å². The van der Waals surface area contributed by atoms with Crippen LogP contribution >= 0.6 is 11.6 Å². The van der Waals surface area contributed by atoms with Gasteiger partial charge in [0, 0.05) is 18.0 Å². The standard InChI is InChI=1S/C19H17ClF2N8/c1-10-11(7-23)3-2-4-13(10)18-27-16(15(20)17(25)28-18)14(24)9-26-8-12-5-6-30(29-12)19(21)22/h2-6,9,19,26H,8,24H2,1H3,(H2,25,27,28)/b14-9-. The van der Waals surface area contributed by atoms with Crippen LogP contribution in [0.4, 0.5) is 14.6 Å². The van der Waals surface area contributed by atoms with Crippen molar-refractivity contribution in [3.05, 3.63) is 64.2 Å². The number of nitrogen functional groups attached to an aromatic ring is 1. The zero-order valence-corrected chi connectivity index (χ0v) is 16.5. The molecule has 0 bridgehead atoms. The van der Waals surface area contributed by atoms with Crippen molar-refractivity contribution < 1.29 is 8.78 Å². The van der Waals surface area contributed by atoms with E-state index in [0.717, 1.165) is 0 Å². The Morgan fingerprint density at radius 2 is 2.13 bits per heavy atom. The van der Waals surface area contributed by atoms with Crippen molar-refractivity contribution in [2.75, 3.05) is 5.73 Å². The molecule has 11 heteroatoms. The lowest BCUT2D eigenvalue weighted by Gasteiger charge is -2.11. The summed E-state index contributed by atoms with van der Waals surface area (Å²) in [5.41, 5.74) is 14.6. The number of aromatic nitrogens is 4. The Morgan fingerprint density at radius 1 is 1.37 bits per heavy atom. The smallest absolute Gasteiger partial charge is 0.333 e. The molecule has 1 aromatic carbocycles. The van der Waals surface area contributed by atoms with Gasteiger partial charge >= 0.3 is 6.55 Å². The predicted molar refractivity (Wildman–Crippen MR) is 109 cm³/mol. The minimum absolute atomic E-state index is 0.0328. The van der Waals surface area contributed by atoms with Gasteiger partial charge in [0.05, 0.1) is 29.6 Å². The molecule has 0 atom stereocenters. The van der Waals surface area contributed by atoms with Gasteiger partial charge in [0.1, 0.15) is 16.5 Å². The summed E-state index contributed by atoms with van der Waals surface area (Å²) >= 11 is 6.23. The molecule has 0 aliphatic carbocycles. The van der Waals surface area contributed by atoms with Crippen LogP contribution in [-0.4, -0.2) is 19.7 Å². The van der Waals surface area contributed by atoms with Crippen LogP contribution in [0.25, 0.3) is 17.1 Å². The number of halogens is 3. The molecule has 0 radical (unpaired) electrons. The lowest BCUT2D eigenvalue weighted by molar-refractivity contribution is 0.0561. The number of alkyl halides is 2. The van der Waals surface area contributed by atoms with Crippen LogP contribution in [0.5, 0.6) is 0 Å². The van der Waals surface area contributed by atoms with Crippen molar-refractivity contribution in [1.82, 2.24) is 25.1 Å². The number of rotatable bonds is 6. The number of nitriles is 1. The third kappa shape index (κ3) is 4.31. The summed E-state index contributed by atoms with van der Waals surface area (Å²) in [7, 11) is 0. The summed E-state index contributed by atoms with van der Waals surface area (Å²) < 4.78 is 25.7. The van der Waals surface area contributed by atoms with Gasteiger partial charge in [-0.1, -0.05) is 23.7 Å². The van der Waals surface area contributed by atoms with Crippen LogP contribution in [0.3, 0.4) is 0 Å². The summed E-state index contributed by atoms with van der Waals surface area (Å²) in [6.07, 6.45) is 2.61. The highest BCUT2D eigenvalue weighted by Gasteiger charge is 2.16. The van der Waals surface area contributed by atoms with E-state index < -0.39 is 6.55 Å². The van der Waals surface area contributed by atoms with Gasteiger partial charge < -0.3 is 16.8 Å². The molecule has 0 aliphatic heterocycles. The van der Waals surface area contributed by atoms with Crippen molar-refractivity contribution in [2.45, 2.75) is 20.0 Å². The fourth-order valence-electron chi connectivity index (χ4n) is 2.69. The minimum Gasteiger partial charge on any atom is -0.396 e. The Morgan fingerprint density at radius 3 is 2.80 bits per heavy atom. The molecule has 8 nitrogen and oxygen atoms in total. The highest BCUT2D eigenvalue weighted by Crippen LogP contribution is 2.29. The van der Waals surface area contributed by atoms with E-state index in [2.05, 4.69) is 26.5 Å². The molecule has 5 N–H and O–H groups in total. The van der Waals surface area contributed by atoms with E-state index in [0.29, 0.717) is 27.1 Å². The summed E-state index contributed by atoms with van der Waals surface area (Å²) in [4.78, 5) is 8.62. The molecular formula is C19H17ClF2N8. The van der Waals surface area contributed by atoms with Crippen molar-refractivity contribution in [3.63, 3.8) is 0 Å². The first-order valence-electron chi connectivity index (χ1n) is 8.66. The van der Waals surface area contributed by atoms with E-state index in [1.807, 2.05) is 0 Å². The van der Waals surface area contributed by atoms with Gasteiger partial charge in [0.2, 0.25) is 0 Å². The topological polar surface area (TPSA) is 131 Å². The predicted octanol–water partition coefficient (Wildman–Crippen LogP) is 3.20. The second-order valence-corrected chi connectivity index (χ2v) is 6.61. The van der Waals surface area contributed by atoms with Crippen LogP contribution in [0.15, 0.2) is 36.7 Å². The van der Waals surface area contributed by atoms with Gasteiger partial charge in [-0.15, -0.1) is 0 Å². The SMILES string of the molecule is Cc1c(C#N)cccc1-c1nc(N)c(Cl)c(/C(N)=C/NCc2ccn(C(F)F)n2)n1. The molecule has 0 saturated heterocycles. The van der Waals surface area contributed by atoms with E-state index in [4.69, 9.17) is 23.1 Å². The van der Waals surface area contributed by atoms with Gasteiger partial charge in [-0.3, -0.25) is 0 Å². The summed E-state index contributed by atoms with van der Waals surface area (Å²) in [5.74, 6) is 0.305. The molecule has 0 aliphatic rings. The second kappa shape index (κ2) is 8.75. The van der Waals surface area contributed by atoms with Crippen LogP contribution in [0, 0.1) is 18.3 Å². The van der Waals surface area contributed by atoms with E-state index in [1.54, 1.807) is 25.1 Å². The van der Waals surface area contributed by atoms with Crippen molar-refractivity contribution in [2.24, 2.45) is 5.73 Å².